The van der Waals surface area contributed by atoms with Crippen LogP contribution in [-0.2, 0) is 4.79 Å². The number of nitrogens with zero attached hydrogens (tertiary/aromatic N) is 4. The smallest absolute Gasteiger partial charge is 0.223 e. The average molecular weight is 585 g/mol. The Labute approximate surface area is 248 Å². The Morgan fingerprint density at radius 2 is 1.83 bits per heavy atom. The second-order valence-electron chi connectivity index (χ2n) is 9.55. The van der Waals surface area contributed by atoms with Gasteiger partial charge in [-0.25, -0.2) is 0 Å². The maximum absolute atomic E-state index is 13.1. The fraction of sp³-hybridized carbons (Fsp3) is 0.290. The molecule has 0 radical (unpaired) electrons. The molecule has 1 amide bonds. The molecule has 0 saturated carbocycles. The van der Waals surface area contributed by atoms with Crippen molar-refractivity contribution in [1.82, 2.24) is 20.1 Å². The molecule has 3 aromatic heterocycles. The number of aryl methyl sites for hydroxylation is 2. The molecule has 1 aromatic carbocycles. The molecule has 5 rings (SSSR count). The third-order valence-corrected chi connectivity index (χ3v) is 8.09. The molecule has 0 aliphatic carbocycles. The summed E-state index contributed by atoms with van der Waals surface area (Å²) >= 11 is 7.86. The van der Waals surface area contributed by atoms with Gasteiger partial charge in [0.1, 0.15) is 16.9 Å². The summed E-state index contributed by atoms with van der Waals surface area (Å²) in [7, 11) is 0. The Hall–Kier alpha value is -4.15. The van der Waals surface area contributed by atoms with Crippen molar-refractivity contribution in [2.75, 3.05) is 13.1 Å². The number of fused-ring (bicyclic) bond motifs is 3. The average Bonchev–Trinajstić information content (AvgIpc) is 3.62. The van der Waals surface area contributed by atoms with Gasteiger partial charge in [-0.2, -0.15) is 0 Å². The van der Waals surface area contributed by atoms with Gasteiger partial charge in [0.05, 0.1) is 18.7 Å². The lowest BCUT2D eigenvalue weighted by Gasteiger charge is -2.12. The molecule has 10 heteroatoms. The van der Waals surface area contributed by atoms with E-state index in [0.717, 1.165) is 46.1 Å². The van der Waals surface area contributed by atoms with Crippen molar-refractivity contribution >= 4 is 34.6 Å². The minimum atomic E-state index is -0.542. The van der Waals surface area contributed by atoms with Crippen LogP contribution in [-0.4, -0.2) is 39.5 Å². The highest BCUT2D eigenvalue weighted by atomic mass is 35.5. The fourth-order valence-corrected chi connectivity index (χ4v) is 5.81. The maximum Gasteiger partial charge on any atom is 0.223 e. The van der Waals surface area contributed by atoms with Crippen LogP contribution in [0.3, 0.4) is 0 Å². The molecule has 0 spiro atoms. The van der Waals surface area contributed by atoms with Gasteiger partial charge in [0.15, 0.2) is 17.3 Å². The lowest BCUT2D eigenvalue weighted by molar-refractivity contribution is -0.121. The fourth-order valence-electron chi connectivity index (χ4n) is 4.47. The standard InChI is InChI=1S/C31H29ClN6O2S/c1-19-20(2)41-31-28(19)29(22-10-12-23(32)13-11-22)35-26(30-37-36-21(3)38(30)31)18-27(39)34-17-7-9-25-15-14-24(40-25)8-5-4-6-16-33/h10-15,26H,4,6,16-18,33H2,1-3H3,(H,34,39)/t26-/m0/s1. The summed E-state index contributed by atoms with van der Waals surface area (Å²) in [6.45, 7) is 6.88. The van der Waals surface area contributed by atoms with Crippen molar-refractivity contribution in [3.05, 3.63) is 86.2 Å². The molecule has 3 N–H and O–H groups in total. The van der Waals surface area contributed by atoms with Gasteiger partial charge in [-0.15, -0.1) is 21.5 Å². The van der Waals surface area contributed by atoms with E-state index in [1.165, 1.54) is 4.88 Å². The predicted octanol–water partition coefficient (Wildman–Crippen LogP) is 5.04. The first-order valence-electron chi connectivity index (χ1n) is 13.3. The van der Waals surface area contributed by atoms with Crippen LogP contribution < -0.4 is 11.1 Å². The number of carbonyl (C=O) groups excluding carboxylic acids is 1. The van der Waals surface area contributed by atoms with Crippen LogP contribution in [0.1, 0.15) is 70.0 Å². The molecule has 0 bridgehead atoms. The Morgan fingerprint density at radius 3 is 2.56 bits per heavy atom. The van der Waals surface area contributed by atoms with Gasteiger partial charge in [0, 0.05) is 27.4 Å². The van der Waals surface area contributed by atoms with Crippen LogP contribution in [0, 0.1) is 44.5 Å². The van der Waals surface area contributed by atoms with Gasteiger partial charge in [0.2, 0.25) is 5.91 Å². The molecule has 8 nitrogen and oxygen atoms in total. The summed E-state index contributed by atoms with van der Waals surface area (Å²) in [6.07, 6.45) is 1.66. The highest BCUT2D eigenvalue weighted by molar-refractivity contribution is 7.15. The lowest BCUT2D eigenvalue weighted by Crippen LogP contribution is -2.25. The van der Waals surface area contributed by atoms with Crippen molar-refractivity contribution in [2.24, 2.45) is 10.7 Å². The zero-order chi connectivity index (χ0) is 28.9. The highest BCUT2D eigenvalue weighted by Gasteiger charge is 2.32. The minimum absolute atomic E-state index is 0.0904. The van der Waals surface area contributed by atoms with Crippen molar-refractivity contribution in [2.45, 2.75) is 46.1 Å². The number of halogens is 1. The van der Waals surface area contributed by atoms with Crippen LogP contribution >= 0.6 is 22.9 Å². The number of nitrogens with one attached hydrogen (secondary N) is 1. The summed E-state index contributed by atoms with van der Waals surface area (Å²) in [5.74, 6) is 14.1. The normalized spacial score (nSPS) is 13.6. The van der Waals surface area contributed by atoms with E-state index in [-0.39, 0.29) is 18.9 Å². The quantitative estimate of drug-likeness (QED) is 0.244. The molecule has 208 valence electrons. The van der Waals surface area contributed by atoms with E-state index in [0.29, 0.717) is 28.9 Å². The summed E-state index contributed by atoms with van der Waals surface area (Å²) in [4.78, 5) is 19.4. The zero-order valence-corrected chi connectivity index (χ0v) is 24.6. The van der Waals surface area contributed by atoms with Crippen LogP contribution in [0.5, 0.6) is 0 Å². The van der Waals surface area contributed by atoms with Crippen molar-refractivity contribution < 1.29 is 9.21 Å². The lowest BCUT2D eigenvalue weighted by atomic mass is 9.99. The van der Waals surface area contributed by atoms with Gasteiger partial charge in [-0.3, -0.25) is 14.4 Å². The molecule has 4 aromatic rings. The highest BCUT2D eigenvalue weighted by Crippen LogP contribution is 2.39. The third kappa shape index (κ3) is 6.28. The summed E-state index contributed by atoms with van der Waals surface area (Å²) in [5.41, 5.74) is 9.38. The number of thiophene rings is 1. The molecule has 0 saturated heterocycles. The van der Waals surface area contributed by atoms with Gasteiger partial charge < -0.3 is 15.5 Å². The molecule has 1 atom stereocenters. The van der Waals surface area contributed by atoms with Crippen LogP contribution in [0.2, 0.25) is 5.02 Å². The molecule has 0 fully saturated rings. The number of benzene rings is 1. The van der Waals surface area contributed by atoms with Gasteiger partial charge in [0.25, 0.3) is 0 Å². The number of nitrogens with two attached hydrogens (primary N) is 1. The van der Waals surface area contributed by atoms with E-state index < -0.39 is 6.04 Å². The SMILES string of the molecule is Cc1sc2c(c1C)C(c1ccc(Cl)cc1)=N[C@@H](CC(=O)NCC#Cc1ccc(C#CCCCN)o1)c1nnc(C)n1-2. The number of aliphatic imine (C=N–C) groups is 1. The van der Waals surface area contributed by atoms with Crippen molar-refractivity contribution in [3.63, 3.8) is 0 Å². The largest absolute Gasteiger partial charge is 0.439 e. The van der Waals surface area contributed by atoms with Crippen LogP contribution in [0.15, 0.2) is 45.8 Å². The number of furan rings is 1. The van der Waals surface area contributed by atoms with Gasteiger partial charge in [-0.1, -0.05) is 35.6 Å². The number of hydrogen-bond donors (Lipinski definition) is 2. The number of unbranched alkanes of at least 4 members (excludes halogenated alkanes) is 1. The minimum Gasteiger partial charge on any atom is -0.439 e. The number of carbonyl (C=O) groups is 1. The first kappa shape index (κ1) is 28.4. The number of aromatic nitrogens is 3. The Balaban J connectivity index is 1.36. The van der Waals surface area contributed by atoms with E-state index in [1.807, 2.05) is 35.8 Å². The predicted molar refractivity (Wildman–Crippen MR) is 162 cm³/mol. The maximum atomic E-state index is 13.1. The topological polar surface area (TPSA) is 111 Å². The van der Waals surface area contributed by atoms with Crippen molar-refractivity contribution in [3.8, 4) is 28.7 Å². The van der Waals surface area contributed by atoms with E-state index in [9.17, 15) is 4.79 Å². The van der Waals surface area contributed by atoms with Gasteiger partial charge >= 0.3 is 0 Å². The van der Waals surface area contributed by atoms with Gasteiger partial charge in [-0.05, 0) is 75.4 Å². The third-order valence-electron chi connectivity index (χ3n) is 6.64. The van der Waals surface area contributed by atoms with E-state index >= 15 is 0 Å². The number of amides is 1. The summed E-state index contributed by atoms with van der Waals surface area (Å²) in [5, 5.41) is 13.3. The monoisotopic (exact) mass is 584 g/mol. The molecular weight excluding hydrogens is 556 g/mol. The second kappa shape index (κ2) is 12.6. The van der Waals surface area contributed by atoms with Crippen LogP contribution in [0.4, 0.5) is 0 Å². The zero-order valence-electron chi connectivity index (χ0n) is 23.0. The van der Waals surface area contributed by atoms with Crippen molar-refractivity contribution in [1.29, 1.82) is 0 Å². The van der Waals surface area contributed by atoms with Crippen LogP contribution in [0.25, 0.3) is 5.00 Å². The Bertz CT molecular complexity index is 1740. The number of rotatable bonds is 6. The second-order valence-corrected chi connectivity index (χ2v) is 11.2. The molecule has 1 aliphatic rings. The van der Waals surface area contributed by atoms with E-state index in [2.05, 4.69) is 53.0 Å². The van der Waals surface area contributed by atoms with E-state index in [4.69, 9.17) is 26.7 Å². The summed E-state index contributed by atoms with van der Waals surface area (Å²) < 4.78 is 7.64. The first-order chi connectivity index (χ1) is 19.9. The Kier molecular flexibility index (Phi) is 8.70. The molecule has 4 heterocycles. The Morgan fingerprint density at radius 1 is 1.10 bits per heavy atom. The summed E-state index contributed by atoms with van der Waals surface area (Å²) in [6, 6.07) is 10.6. The number of hydrogen-bond acceptors (Lipinski definition) is 7. The molecule has 41 heavy (non-hydrogen) atoms. The first-order valence-corrected chi connectivity index (χ1v) is 14.5. The van der Waals surface area contributed by atoms with E-state index in [1.54, 1.807) is 23.5 Å². The molecular formula is C31H29ClN6O2S. The molecule has 1 aliphatic heterocycles. The molecule has 0 unspecified atom stereocenters.